The van der Waals surface area contributed by atoms with Gasteiger partial charge in [0.2, 0.25) is 0 Å². The molecule has 2 heterocycles. The van der Waals surface area contributed by atoms with Gasteiger partial charge in [-0.1, -0.05) is 12.1 Å². The van der Waals surface area contributed by atoms with Crippen LogP contribution in [0.1, 0.15) is 19.8 Å². The number of hydrogen-bond donors (Lipinski definition) is 2. The monoisotopic (exact) mass is 309 g/mol. The van der Waals surface area contributed by atoms with Crippen LogP contribution in [0.4, 0.5) is 0 Å². The number of halogens is 1. The number of rotatable bonds is 4. The van der Waals surface area contributed by atoms with Crippen LogP contribution in [0.2, 0.25) is 0 Å². The molecule has 0 bridgehead atoms. The summed E-state index contributed by atoms with van der Waals surface area (Å²) < 4.78 is 28.1. The summed E-state index contributed by atoms with van der Waals surface area (Å²) in [4.78, 5) is 0. The van der Waals surface area contributed by atoms with E-state index in [4.69, 9.17) is 0 Å². The fourth-order valence-electron chi connectivity index (χ4n) is 2.07. The first kappa shape index (κ1) is 16.4. The average molecular weight is 310 g/mol. The van der Waals surface area contributed by atoms with E-state index in [1.54, 1.807) is 7.05 Å². The van der Waals surface area contributed by atoms with E-state index < -0.39 is 10.0 Å². The Balaban J connectivity index is 0.00000180. The molecule has 0 saturated carbocycles. The minimum absolute atomic E-state index is 0. The zero-order valence-electron chi connectivity index (χ0n) is 11.1. The van der Waals surface area contributed by atoms with Crippen molar-refractivity contribution in [3.63, 3.8) is 0 Å². The summed E-state index contributed by atoms with van der Waals surface area (Å²) in [5.41, 5.74) is 0.0182. The molecule has 19 heavy (non-hydrogen) atoms. The molecular formula is C10H20ClN5O2S. The molecule has 0 amide bonds. The van der Waals surface area contributed by atoms with Gasteiger partial charge in [0.1, 0.15) is 0 Å². The highest BCUT2D eigenvalue weighted by molar-refractivity contribution is 7.89. The molecule has 1 fully saturated rings. The van der Waals surface area contributed by atoms with Crippen molar-refractivity contribution >= 4 is 22.4 Å². The van der Waals surface area contributed by atoms with E-state index in [0.29, 0.717) is 6.54 Å². The summed E-state index contributed by atoms with van der Waals surface area (Å²) >= 11 is 0. The molecule has 9 heteroatoms. The summed E-state index contributed by atoms with van der Waals surface area (Å²) in [6.07, 6.45) is 3.20. The molecule has 1 aromatic rings. The maximum absolute atomic E-state index is 12.1. The molecule has 2 N–H and O–H groups in total. The van der Waals surface area contributed by atoms with Gasteiger partial charge < -0.3 is 5.32 Å². The zero-order valence-corrected chi connectivity index (χ0v) is 12.7. The number of sulfonamides is 1. The molecular weight excluding hydrogens is 290 g/mol. The molecule has 1 aliphatic rings. The van der Waals surface area contributed by atoms with Crippen molar-refractivity contribution in [2.75, 3.05) is 19.6 Å². The Bertz CT molecular complexity index is 510. The van der Waals surface area contributed by atoms with Crippen LogP contribution in [0.25, 0.3) is 0 Å². The van der Waals surface area contributed by atoms with Crippen LogP contribution in [0, 0.1) is 5.41 Å². The summed E-state index contributed by atoms with van der Waals surface area (Å²) in [5, 5.41) is 10.6. The largest absolute Gasteiger partial charge is 0.317 e. The number of nitrogens with one attached hydrogen (secondary N) is 2. The predicted octanol–water partition coefficient (Wildman–Crippen LogP) is -0.0951. The highest BCUT2D eigenvalue weighted by Crippen LogP contribution is 2.27. The average Bonchev–Trinajstić information content (AvgIpc) is 2.75. The summed E-state index contributed by atoms with van der Waals surface area (Å²) in [6.45, 7) is 4.43. The van der Waals surface area contributed by atoms with Gasteiger partial charge >= 0.3 is 0 Å². The first-order chi connectivity index (χ1) is 8.43. The van der Waals surface area contributed by atoms with Crippen LogP contribution >= 0.6 is 12.4 Å². The van der Waals surface area contributed by atoms with E-state index in [2.05, 4.69) is 27.3 Å². The van der Waals surface area contributed by atoms with E-state index in [9.17, 15) is 8.42 Å². The first-order valence-electron chi connectivity index (χ1n) is 5.98. The van der Waals surface area contributed by atoms with Gasteiger partial charge in [-0.05, 0) is 31.3 Å². The topological polar surface area (TPSA) is 88.9 Å². The molecule has 7 nitrogen and oxygen atoms in total. The Labute approximate surface area is 119 Å². The quantitative estimate of drug-likeness (QED) is 0.811. The minimum atomic E-state index is -3.52. The van der Waals surface area contributed by atoms with Gasteiger partial charge in [-0.2, -0.15) is 0 Å². The van der Waals surface area contributed by atoms with Gasteiger partial charge in [0.25, 0.3) is 10.0 Å². The lowest BCUT2D eigenvalue weighted by molar-refractivity contribution is 0.232. The third kappa shape index (κ3) is 3.88. The Morgan fingerprint density at radius 2 is 2.11 bits per heavy atom. The normalized spacial score (nSPS) is 18.8. The van der Waals surface area contributed by atoms with Crippen molar-refractivity contribution in [1.82, 2.24) is 25.0 Å². The number of aromatic nitrogens is 3. The maximum Gasteiger partial charge on any atom is 0.259 e. The van der Waals surface area contributed by atoms with E-state index in [0.717, 1.165) is 25.9 Å². The molecule has 0 atom stereocenters. The lowest BCUT2D eigenvalue weighted by Gasteiger charge is -2.33. The van der Waals surface area contributed by atoms with Gasteiger partial charge in [0.15, 0.2) is 5.03 Å². The lowest BCUT2D eigenvalue weighted by atomic mass is 9.81. The lowest BCUT2D eigenvalue weighted by Crippen LogP contribution is -2.43. The Hall–Kier alpha value is -0.700. The van der Waals surface area contributed by atoms with Gasteiger partial charge in [-0.15, -0.1) is 17.5 Å². The molecule has 1 aliphatic heterocycles. The maximum atomic E-state index is 12.1. The van der Waals surface area contributed by atoms with E-state index in [1.807, 2.05) is 0 Å². The van der Waals surface area contributed by atoms with Crippen molar-refractivity contribution < 1.29 is 8.42 Å². The number of hydrogen-bond acceptors (Lipinski definition) is 5. The Morgan fingerprint density at radius 1 is 1.47 bits per heavy atom. The molecule has 110 valence electrons. The fraction of sp³-hybridized carbons (Fsp3) is 0.800. The summed E-state index contributed by atoms with van der Waals surface area (Å²) in [5.74, 6) is 0. The van der Waals surface area contributed by atoms with Crippen molar-refractivity contribution in [2.45, 2.75) is 24.8 Å². The second-order valence-electron chi connectivity index (χ2n) is 5.08. The Morgan fingerprint density at radius 3 is 2.63 bits per heavy atom. The Kier molecular flexibility index (Phi) is 5.31. The first-order valence-corrected chi connectivity index (χ1v) is 7.46. The van der Waals surface area contributed by atoms with Crippen LogP contribution in [-0.2, 0) is 17.1 Å². The molecule has 0 aromatic carbocycles. The molecule has 0 spiro atoms. The van der Waals surface area contributed by atoms with Gasteiger partial charge in [0.05, 0.1) is 6.20 Å². The third-order valence-corrected chi connectivity index (χ3v) is 4.89. The molecule has 2 rings (SSSR count). The number of nitrogens with zero attached hydrogens (tertiary/aromatic N) is 3. The molecule has 0 radical (unpaired) electrons. The zero-order chi connectivity index (χ0) is 13.2. The van der Waals surface area contributed by atoms with Gasteiger partial charge in [-0.3, -0.25) is 0 Å². The standard InChI is InChI=1S/C10H19N5O2S.ClH/c1-10(3-5-11-6-4-10)8-13-18(16,17)9-7-12-14-15(9)2;/h7,11,13H,3-6,8H2,1-2H3;1H. The van der Waals surface area contributed by atoms with Gasteiger partial charge in [-0.25, -0.2) is 17.8 Å². The SMILES string of the molecule is Cl.Cn1nncc1S(=O)(=O)NCC1(C)CCNCC1. The highest BCUT2D eigenvalue weighted by atomic mass is 35.5. The molecule has 0 aliphatic carbocycles. The molecule has 1 aromatic heterocycles. The fourth-order valence-corrected chi connectivity index (χ4v) is 3.33. The van der Waals surface area contributed by atoms with Crippen molar-refractivity contribution in [3.8, 4) is 0 Å². The molecule has 0 unspecified atom stereocenters. The van der Waals surface area contributed by atoms with Crippen LogP contribution in [0.3, 0.4) is 0 Å². The van der Waals surface area contributed by atoms with Crippen LogP contribution in [0.5, 0.6) is 0 Å². The minimum Gasteiger partial charge on any atom is -0.317 e. The number of aryl methyl sites for hydroxylation is 1. The summed E-state index contributed by atoms with van der Waals surface area (Å²) in [6, 6.07) is 0. The van der Waals surface area contributed by atoms with E-state index in [1.165, 1.54) is 10.9 Å². The smallest absolute Gasteiger partial charge is 0.259 e. The second kappa shape index (κ2) is 6.17. The highest BCUT2D eigenvalue weighted by Gasteiger charge is 2.29. The molecule has 1 saturated heterocycles. The van der Waals surface area contributed by atoms with Crippen LogP contribution in [0.15, 0.2) is 11.2 Å². The van der Waals surface area contributed by atoms with Crippen molar-refractivity contribution in [1.29, 1.82) is 0 Å². The van der Waals surface area contributed by atoms with E-state index >= 15 is 0 Å². The predicted molar refractivity (Wildman–Crippen MR) is 73.7 cm³/mol. The summed E-state index contributed by atoms with van der Waals surface area (Å²) in [7, 11) is -1.95. The second-order valence-corrected chi connectivity index (χ2v) is 6.79. The van der Waals surface area contributed by atoms with Crippen LogP contribution in [-0.4, -0.2) is 43.0 Å². The third-order valence-electron chi connectivity index (χ3n) is 3.45. The van der Waals surface area contributed by atoms with Gasteiger partial charge in [0, 0.05) is 13.6 Å². The van der Waals surface area contributed by atoms with E-state index in [-0.39, 0.29) is 22.8 Å². The number of piperidine rings is 1. The van der Waals surface area contributed by atoms with Crippen LogP contribution < -0.4 is 10.0 Å². The van der Waals surface area contributed by atoms with Crippen molar-refractivity contribution in [2.24, 2.45) is 12.5 Å². The van der Waals surface area contributed by atoms with Crippen molar-refractivity contribution in [3.05, 3.63) is 6.20 Å².